The van der Waals surface area contributed by atoms with Crippen LogP contribution in [0, 0.1) is 0 Å². The van der Waals surface area contributed by atoms with Crippen LogP contribution in [0.25, 0.3) is 64.5 Å². The fraction of sp³-hybridized carbons (Fsp3) is 0.250. The van der Waals surface area contributed by atoms with Gasteiger partial charge >= 0.3 is 0 Å². The van der Waals surface area contributed by atoms with Gasteiger partial charge < -0.3 is 29.6 Å². The van der Waals surface area contributed by atoms with Crippen molar-refractivity contribution >= 4 is 87.9 Å². The van der Waals surface area contributed by atoms with E-state index in [0.717, 1.165) is 101 Å². The summed E-state index contributed by atoms with van der Waals surface area (Å²) in [5.74, 6) is 2.51. The highest BCUT2D eigenvalue weighted by Crippen LogP contribution is 2.42. The molecule has 0 aliphatic carbocycles. The average Bonchev–Trinajstić information content (AvgIpc) is 4.17. The van der Waals surface area contributed by atoms with E-state index in [4.69, 9.17) is 44.0 Å². The molecule has 0 amide bonds. The van der Waals surface area contributed by atoms with E-state index < -0.39 is 0 Å². The van der Waals surface area contributed by atoms with Crippen molar-refractivity contribution in [3.8, 4) is 33.8 Å². The maximum atomic E-state index is 7.05. The summed E-state index contributed by atoms with van der Waals surface area (Å²) in [6.45, 7) is 2.12. The van der Waals surface area contributed by atoms with Gasteiger partial charge in [0.05, 0.1) is 85.0 Å². The van der Waals surface area contributed by atoms with Crippen LogP contribution in [0.4, 0.5) is 23.0 Å². The fourth-order valence-electron chi connectivity index (χ4n) is 8.98. The van der Waals surface area contributed by atoms with Crippen molar-refractivity contribution in [3.63, 3.8) is 0 Å². The number of nitrogens with one attached hydrogen (secondary N) is 2. The van der Waals surface area contributed by atoms with E-state index in [-0.39, 0.29) is 18.1 Å². The summed E-state index contributed by atoms with van der Waals surface area (Å²) in [7, 11) is 3.85. The lowest BCUT2D eigenvalue weighted by molar-refractivity contribution is -0.00514. The Labute approximate surface area is 385 Å². The molecule has 0 bridgehead atoms. The fourth-order valence-corrected chi connectivity index (χ4v) is 10.4. The second-order valence-corrected chi connectivity index (χ2v) is 18.4. The Hall–Kier alpha value is -7.12. The third-order valence-corrected chi connectivity index (χ3v) is 13.6. The molecule has 16 nitrogen and oxygen atoms in total. The standard InChI is InChI=1S/C48H42N12O4S2/c1-59-18-30(17-55-59)27-11-38-44(47(51-23-49-38)56-31-5-7-36-42(15-31)65-25-53-36)40(13-27)64-34-10-29(20-62-22-34)46-35(19-60(2)58-46)28-12-39-45(41(14-28)63-33-4-3-9-61-21-33)48(52-24-50-39)57-32-6-8-37-43(16-32)66-26-54-37/h5-8,11-19,23-26,29,33-34H,3-4,9-10,20-22H2,1-2H3,(H,49,51,56)(H,50,52,57)/t29?,33-,34+/m1/s1. The molecular weight excluding hydrogens is 873 g/mol. The molecule has 0 saturated carbocycles. The minimum absolute atomic E-state index is 0.0937. The van der Waals surface area contributed by atoms with E-state index in [2.05, 4.69) is 56.2 Å². The van der Waals surface area contributed by atoms with Crippen LogP contribution in [0.5, 0.6) is 11.5 Å². The highest BCUT2D eigenvalue weighted by atomic mass is 32.1. The number of hydrogen-bond acceptors (Lipinski definition) is 16. The van der Waals surface area contributed by atoms with Crippen LogP contribution < -0.4 is 20.1 Å². The molecule has 18 heteroatoms. The molecule has 1 unspecified atom stereocenters. The lowest BCUT2D eigenvalue weighted by Gasteiger charge is -2.30. The number of anilines is 4. The van der Waals surface area contributed by atoms with Crippen LogP contribution >= 0.6 is 22.7 Å². The molecule has 2 saturated heterocycles. The van der Waals surface area contributed by atoms with Crippen LogP contribution in [0.1, 0.15) is 30.9 Å². The normalized spacial score (nSPS) is 17.8. The molecule has 2 aliphatic heterocycles. The molecule has 0 spiro atoms. The summed E-state index contributed by atoms with van der Waals surface area (Å²) in [5.41, 5.74) is 13.6. The predicted octanol–water partition coefficient (Wildman–Crippen LogP) is 9.59. The lowest BCUT2D eigenvalue weighted by Crippen LogP contribution is -2.33. The second kappa shape index (κ2) is 17.0. The maximum Gasteiger partial charge on any atom is 0.145 e. The Morgan fingerprint density at radius 3 is 1.94 bits per heavy atom. The van der Waals surface area contributed by atoms with Gasteiger partial charge in [-0.1, -0.05) is 0 Å². The first kappa shape index (κ1) is 40.4. The van der Waals surface area contributed by atoms with Gasteiger partial charge in [-0.15, -0.1) is 22.7 Å². The van der Waals surface area contributed by atoms with E-state index in [1.165, 1.54) is 0 Å². The molecule has 10 aromatic rings. The van der Waals surface area contributed by atoms with Gasteiger partial charge in [0.1, 0.15) is 48.0 Å². The van der Waals surface area contributed by atoms with Crippen LogP contribution in [0.15, 0.2) is 103 Å². The Morgan fingerprint density at radius 2 is 1.29 bits per heavy atom. The van der Waals surface area contributed by atoms with Gasteiger partial charge in [0.15, 0.2) is 0 Å². The number of fused-ring (bicyclic) bond motifs is 4. The van der Waals surface area contributed by atoms with Gasteiger partial charge in [-0.3, -0.25) is 9.36 Å². The van der Waals surface area contributed by atoms with E-state index in [0.29, 0.717) is 49.4 Å². The molecule has 8 heterocycles. The summed E-state index contributed by atoms with van der Waals surface area (Å²) in [6.07, 6.45) is 11.1. The van der Waals surface area contributed by atoms with E-state index in [1.54, 1.807) is 40.0 Å². The molecule has 4 aromatic carbocycles. The largest absolute Gasteiger partial charge is 0.487 e. The molecule has 2 N–H and O–H groups in total. The van der Waals surface area contributed by atoms with Crippen molar-refractivity contribution in [2.45, 2.75) is 37.4 Å². The SMILES string of the molecule is Cn1cc(-c2cc(O[C@@H]3COCC(c4nn(C)cc4-c4cc(O[C@@H]5CCCOC5)c5c(Nc6ccc7ncsc7c6)ncnc5c4)C3)c3c(Nc4ccc5ncsc5c4)ncnc3c2)cn1. The number of benzene rings is 4. The van der Waals surface area contributed by atoms with Crippen LogP contribution in [-0.4, -0.2) is 88.1 Å². The average molecular weight is 915 g/mol. The summed E-state index contributed by atoms with van der Waals surface area (Å²) in [6, 6.07) is 20.5. The highest BCUT2D eigenvalue weighted by Gasteiger charge is 2.31. The van der Waals surface area contributed by atoms with E-state index >= 15 is 0 Å². The number of aromatic nitrogens is 10. The Kier molecular flexibility index (Phi) is 10.4. The van der Waals surface area contributed by atoms with Crippen molar-refractivity contribution in [2.75, 3.05) is 37.1 Å². The summed E-state index contributed by atoms with van der Waals surface area (Å²) < 4.78 is 31.9. The van der Waals surface area contributed by atoms with Crippen molar-refractivity contribution in [3.05, 3.63) is 109 Å². The summed E-state index contributed by atoms with van der Waals surface area (Å²) in [5, 5.41) is 18.2. The first-order chi connectivity index (χ1) is 32.4. The van der Waals surface area contributed by atoms with Gasteiger partial charge in [0.2, 0.25) is 0 Å². The number of nitrogens with zero attached hydrogens (tertiary/aromatic N) is 10. The number of rotatable bonds is 11. The van der Waals surface area contributed by atoms with Crippen LogP contribution in [0.3, 0.4) is 0 Å². The molecule has 66 heavy (non-hydrogen) atoms. The first-order valence-corrected chi connectivity index (χ1v) is 23.5. The van der Waals surface area contributed by atoms with Gasteiger partial charge in [0.25, 0.3) is 0 Å². The number of thiazole rings is 2. The molecule has 3 atom stereocenters. The molecule has 2 fully saturated rings. The zero-order chi connectivity index (χ0) is 44.1. The molecule has 6 aromatic heterocycles. The Morgan fingerprint density at radius 1 is 0.636 bits per heavy atom. The van der Waals surface area contributed by atoms with Crippen molar-refractivity contribution < 1.29 is 18.9 Å². The molecular formula is C48H42N12O4S2. The van der Waals surface area contributed by atoms with Crippen LogP contribution in [-0.2, 0) is 23.6 Å². The first-order valence-electron chi connectivity index (χ1n) is 21.7. The lowest BCUT2D eigenvalue weighted by atomic mass is 9.91. The molecule has 0 radical (unpaired) electrons. The third kappa shape index (κ3) is 7.91. The Bertz CT molecular complexity index is 3420. The van der Waals surface area contributed by atoms with E-state index in [1.807, 2.05) is 78.6 Å². The third-order valence-electron chi connectivity index (χ3n) is 12.1. The monoisotopic (exact) mass is 914 g/mol. The highest BCUT2D eigenvalue weighted by molar-refractivity contribution is 7.17. The summed E-state index contributed by atoms with van der Waals surface area (Å²) in [4.78, 5) is 27.9. The topological polar surface area (TPSA) is 174 Å². The maximum absolute atomic E-state index is 7.05. The van der Waals surface area contributed by atoms with Crippen LogP contribution in [0.2, 0.25) is 0 Å². The quantitative estimate of drug-likeness (QED) is 0.126. The zero-order valence-corrected chi connectivity index (χ0v) is 37.6. The van der Waals surface area contributed by atoms with Gasteiger partial charge in [-0.05, 0) is 91.1 Å². The minimum Gasteiger partial charge on any atom is -0.487 e. The number of ether oxygens (including phenoxy) is 4. The second-order valence-electron chi connectivity index (χ2n) is 16.7. The number of hydrogen-bond donors (Lipinski definition) is 2. The summed E-state index contributed by atoms with van der Waals surface area (Å²) >= 11 is 3.19. The van der Waals surface area contributed by atoms with Gasteiger partial charge in [-0.25, -0.2) is 29.9 Å². The van der Waals surface area contributed by atoms with Gasteiger partial charge in [0, 0.05) is 61.5 Å². The van der Waals surface area contributed by atoms with E-state index in [9.17, 15) is 0 Å². The molecule has 2 aliphatic rings. The molecule has 12 rings (SSSR count). The zero-order valence-electron chi connectivity index (χ0n) is 35.9. The van der Waals surface area contributed by atoms with Gasteiger partial charge in [-0.2, -0.15) is 10.2 Å². The smallest absolute Gasteiger partial charge is 0.145 e. The van der Waals surface area contributed by atoms with Crippen molar-refractivity contribution in [1.29, 1.82) is 0 Å². The number of aryl methyl sites for hydroxylation is 2. The van der Waals surface area contributed by atoms with Crippen molar-refractivity contribution in [1.82, 2.24) is 49.5 Å². The predicted molar refractivity (Wildman–Crippen MR) is 256 cm³/mol. The molecule has 330 valence electrons. The van der Waals surface area contributed by atoms with Crippen molar-refractivity contribution in [2.24, 2.45) is 14.1 Å². The Balaban J connectivity index is 0.888. The minimum atomic E-state index is -0.320.